The van der Waals surface area contributed by atoms with Crippen LogP contribution in [-0.2, 0) is 21.7 Å². The van der Waals surface area contributed by atoms with Gasteiger partial charge >= 0.3 is 0 Å². The van der Waals surface area contributed by atoms with E-state index in [1.54, 1.807) is 20.8 Å². The molecule has 4 heteroatoms. The van der Waals surface area contributed by atoms with E-state index in [0.29, 0.717) is 0 Å². The molecule has 3 N–H and O–H groups in total. The van der Waals surface area contributed by atoms with Crippen molar-refractivity contribution in [1.29, 1.82) is 0 Å². The third-order valence-corrected chi connectivity index (χ3v) is 1.55. The van der Waals surface area contributed by atoms with Crippen LogP contribution in [0.3, 0.4) is 0 Å². The Balaban J connectivity index is -0.000000220. The Morgan fingerprint density at radius 3 is 1.68 bits per heavy atom. The average molecular weight is 301 g/mol. The molecule has 108 valence electrons. The molecule has 0 aliphatic rings. The van der Waals surface area contributed by atoms with Gasteiger partial charge in [-0.3, -0.25) is 0 Å². The van der Waals surface area contributed by atoms with Gasteiger partial charge < -0.3 is 15.3 Å². The zero-order valence-corrected chi connectivity index (χ0v) is 13.6. The number of fused-ring (bicyclic) bond motifs is 1. The van der Waals surface area contributed by atoms with Crippen LogP contribution in [-0.4, -0.2) is 35.1 Å². The number of hydrogen-bond acceptors (Lipinski definition) is 3. The van der Waals surface area contributed by atoms with Gasteiger partial charge in [0.15, 0.2) is 0 Å². The molecule has 2 aromatic rings. The molecule has 0 heterocycles. The monoisotopic (exact) mass is 301 g/mol. The van der Waals surface area contributed by atoms with Gasteiger partial charge in [-0.05, 0) is 20.8 Å². The van der Waals surface area contributed by atoms with E-state index >= 15 is 0 Å². The Labute approximate surface area is 131 Å². The second-order valence-corrected chi connectivity index (χ2v) is 3.10. The Bertz CT molecular complexity index is 326. The largest absolute Gasteiger partial charge is 0.397 e. The normalized spacial score (nSPS) is 7.68. The van der Waals surface area contributed by atoms with Crippen LogP contribution in [0.1, 0.15) is 20.8 Å². The molecule has 0 spiro atoms. The van der Waals surface area contributed by atoms with Crippen molar-refractivity contribution >= 4 is 10.8 Å². The summed E-state index contributed by atoms with van der Waals surface area (Å²) < 4.78 is 0. The SMILES string of the molecule is CCO.CCO.CCO.[Ti].c1ccc2[cH-]ccc2c1. The third kappa shape index (κ3) is 15.4. The van der Waals surface area contributed by atoms with Gasteiger partial charge in [-0.2, -0.15) is 17.5 Å². The minimum absolute atomic E-state index is 0. The van der Waals surface area contributed by atoms with Crippen molar-refractivity contribution in [3.8, 4) is 0 Å². The van der Waals surface area contributed by atoms with Crippen molar-refractivity contribution in [3.63, 3.8) is 0 Å². The van der Waals surface area contributed by atoms with Crippen molar-refractivity contribution in [2.24, 2.45) is 0 Å². The topological polar surface area (TPSA) is 60.7 Å². The van der Waals surface area contributed by atoms with E-state index in [2.05, 4.69) is 42.5 Å². The van der Waals surface area contributed by atoms with Gasteiger partial charge in [0.25, 0.3) is 0 Å². The summed E-state index contributed by atoms with van der Waals surface area (Å²) in [6.07, 6.45) is 0. The molecule has 19 heavy (non-hydrogen) atoms. The summed E-state index contributed by atoms with van der Waals surface area (Å²) >= 11 is 0. The minimum atomic E-state index is 0. The molecule has 0 unspecified atom stereocenters. The first kappa shape index (κ1) is 23.5. The molecule has 0 radical (unpaired) electrons. The van der Waals surface area contributed by atoms with Crippen molar-refractivity contribution in [2.75, 3.05) is 19.8 Å². The second kappa shape index (κ2) is 19.8. The maximum atomic E-state index is 7.57. The summed E-state index contributed by atoms with van der Waals surface area (Å²) in [5.74, 6) is 0. The first-order valence-electron chi connectivity index (χ1n) is 6.14. The van der Waals surface area contributed by atoms with Gasteiger partial charge in [0.1, 0.15) is 0 Å². The summed E-state index contributed by atoms with van der Waals surface area (Å²) in [4.78, 5) is 0. The Kier molecular flexibility index (Phi) is 24.4. The van der Waals surface area contributed by atoms with Crippen molar-refractivity contribution in [2.45, 2.75) is 20.8 Å². The van der Waals surface area contributed by atoms with Gasteiger partial charge in [0.2, 0.25) is 0 Å². The summed E-state index contributed by atoms with van der Waals surface area (Å²) in [6, 6.07) is 14.7. The van der Waals surface area contributed by atoms with Gasteiger partial charge in [0.05, 0.1) is 0 Å². The molecule has 3 nitrogen and oxygen atoms in total. The van der Waals surface area contributed by atoms with E-state index < -0.39 is 0 Å². The molecule has 0 aliphatic carbocycles. The maximum Gasteiger partial charge on any atom is 0.0402 e. The van der Waals surface area contributed by atoms with Crippen LogP contribution in [0.4, 0.5) is 0 Å². The molecule has 2 rings (SSSR count). The van der Waals surface area contributed by atoms with Crippen LogP contribution in [0.5, 0.6) is 0 Å². The summed E-state index contributed by atoms with van der Waals surface area (Å²) in [7, 11) is 0. The van der Waals surface area contributed by atoms with E-state index in [-0.39, 0.29) is 41.5 Å². The van der Waals surface area contributed by atoms with Crippen molar-refractivity contribution in [3.05, 3.63) is 42.5 Å². The third-order valence-electron chi connectivity index (χ3n) is 1.55. The van der Waals surface area contributed by atoms with Gasteiger partial charge in [-0.1, -0.05) is 6.07 Å². The molecule has 0 amide bonds. The molecular weight excluding hydrogens is 276 g/mol. The van der Waals surface area contributed by atoms with E-state index in [1.807, 2.05) is 0 Å². The molecule has 0 atom stereocenters. The molecule has 0 fully saturated rings. The summed E-state index contributed by atoms with van der Waals surface area (Å²) in [5.41, 5.74) is 0. The van der Waals surface area contributed by atoms with Crippen LogP contribution < -0.4 is 0 Å². The van der Waals surface area contributed by atoms with Gasteiger partial charge in [0, 0.05) is 41.5 Å². The van der Waals surface area contributed by atoms with Gasteiger partial charge in [-0.15, -0.1) is 29.7 Å². The smallest absolute Gasteiger partial charge is 0.0402 e. The molecule has 2 aromatic carbocycles. The first-order chi connectivity index (χ1) is 8.71. The van der Waals surface area contributed by atoms with Crippen LogP contribution in [0.15, 0.2) is 42.5 Å². The fraction of sp³-hybridized carbons (Fsp3) is 0.400. The fourth-order valence-corrected chi connectivity index (χ4v) is 1.07. The summed E-state index contributed by atoms with van der Waals surface area (Å²) in [5, 5.41) is 25.4. The van der Waals surface area contributed by atoms with Crippen molar-refractivity contribution < 1.29 is 37.0 Å². The fourth-order valence-electron chi connectivity index (χ4n) is 1.07. The Morgan fingerprint density at radius 1 is 0.842 bits per heavy atom. The van der Waals surface area contributed by atoms with Crippen LogP contribution >= 0.6 is 0 Å². The van der Waals surface area contributed by atoms with Crippen molar-refractivity contribution in [1.82, 2.24) is 0 Å². The predicted molar refractivity (Wildman–Crippen MR) is 77.8 cm³/mol. The molecule has 0 bridgehead atoms. The van der Waals surface area contributed by atoms with Gasteiger partial charge in [-0.25, -0.2) is 0 Å². The number of aliphatic hydroxyl groups is 3. The average Bonchev–Trinajstić information content (AvgIpc) is 2.80. The van der Waals surface area contributed by atoms with Crippen LogP contribution in [0.2, 0.25) is 0 Å². The zero-order valence-electron chi connectivity index (χ0n) is 12.0. The number of aliphatic hydroxyl groups excluding tert-OH is 3. The number of benzene rings is 1. The molecular formula is C15H25O3Ti-. The first-order valence-corrected chi connectivity index (χ1v) is 6.14. The van der Waals surface area contributed by atoms with E-state index in [9.17, 15) is 0 Å². The quantitative estimate of drug-likeness (QED) is 0.518. The standard InChI is InChI=1S/C9H7.3C2H6O.Ti/c1-2-5-9-7-3-6-8(9)4-1;3*1-2-3;/h1-7H;3*3H,2H2,1H3;/q-1;;;;. The predicted octanol–water partition coefficient (Wildman–Crippen LogP) is 2.55. The Morgan fingerprint density at radius 2 is 1.26 bits per heavy atom. The van der Waals surface area contributed by atoms with E-state index in [0.717, 1.165) is 0 Å². The molecule has 0 aliphatic heterocycles. The number of rotatable bonds is 0. The molecule has 0 aromatic heterocycles. The van der Waals surface area contributed by atoms with Crippen LogP contribution in [0.25, 0.3) is 10.8 Å². The molecule has 0 saturated heterocycles. The molecule has 0 saturated carbocycles. The second-order valence-electron chi connectivity index (χ2n) is 3.10. The van der Waals surface area contributed by atoms with Crippen LogP contribution in [0, 0.1) is 0 Å². The summed E-state index contributed by atoms with van der Waals surface area (Å²) in [6.45, 7) is 5.79. The maximum absolute atomic E-state index is 7.57. The minimum Gasteiger partial charge on any atom is -0.397 e. The van der Waals surface area contributed by atoms with E-state index in [4.69, 9.17) is 15.3 Å². The van der Waals surface area contributed by atoms with E-state index in [1.165, 1.54) is 10.8 Å². The number of hydrogen-bond donors (Lipinski definition) is 3. The zero-order chi connectivity index (χ0) is 14.2. The Hall–Kier alpha value is -0.576.